The molecule has 3 aromatic rings. The molecule has 2 amide bonds. The number of hydrogen-bond acceptors (Lipinski definition) is 4. The van der Waals surface area contributed by atoms with Crippen LogP contribution in [0.2, 0.25) is 0 Å². The monoisotopic (exact) mass is 396 g/mol. The number of anilines is 1. The normalized spacial score (nSPS) is 11.6. The van der Waals surface area contributed by atoms with Crippen molar-refractivity contribution in [2.24, 2.45) is 0 Å². The molecule has 0 fully saturated rings. The van der Waals surface area contributed by atoms with Gasteiger partial charge in [-0.3, -0.25) is 14.7 Å². The van der Waals surface area contributed by atoms with Crippen LogP contribution in [-0.2, 0) is 16.0 Å². The van der Waals surface area contributed by atoms with E-state index in [1.807, 2.05) is 13.0 Å². The third-order valence-electron chi connectivity index (χ3n) is 4.02. The zero-order chi connectivity index (χ0) is 20.8. The summed E-state index contributed by atoms with van der Waals surface area (Å²) in [4.78, 5) is 24.5. The Kier molecular flexibility index (Phi) is 6.23. The summed E-state index contributed by atoms with van der Waals surface area (Å²) in [5.41, 5.74) is 2.02. The number of amides is 2. The molecule has 29 heavy (non-hydrogen) atoms. The average molecular weight is 396 g/mol. The van der Waals surface area contributed by atoms with Gasteiger partial charge < -0.3 is 15.4 Å². The lowest BCUT2D eigenvalue weighted by atomic mass is 10.2. The molecule has 0 aliphatic heterocycles. The van der Waals surface area contributed by atoms with E-state index in [-0.39, 0.29) is 11.8 Å². The predicted molar refractivity (Wildman–Crippen MR) is 106 cm³/mol. The molecule has 0 aliphatic rings. The van der Waals surface area contributed by atoms with Crippen molar-refractivity contribution in [3.63, 3.8) is 0 Å². The van der Waals surface area contributed by atoms with Gasteiger partial charge in [-0.25, -0.2) is 4.39 Å². The van der Waals surface area contributed by atoms with Crippen LogP contribution in [0.1, 0.15) is 18.3 Å². The maximum Gasteiger partial charge on any atom is 0.313 e. The largest absolute Gasteiger partial charge is 0.455 e. The highest BCUT2D eigenvalue weighted by Crippen LogP contribution is 2.29. The number of benzene rings is 2. The maximum absolute atomic E-state index is 13.4. The first-order chi connectivity index (χ1) is 13.9. The number of para-hydroxylation sites is 2. The zero-order valence-electron chi connectivity index (χ0n) is 16.0. The summed E-state index contributed by atoms with van der Waals surface area (Å²) in [6.45, 7) is 3.67. The fraction of sp³-hybridized carbons (Fsp3) is 0.190. The highest BCUT2D eigenvalue weighted by atomic mass is 19.1. The summed E-state index contributed by atoms with van der Waals surface area (Å²) < 4.78 is 19.0. The van der Waals surface area contributed by atoms with Crippen molar-refractivity contribution in [3.8, 4) is 11.5 Å². The van der Waals surface area contributed by atoms with Crippen molar-refractivity contribution in [2.45, 2.75) is 26.3 Å². The molecule has 0 radical (unpaired) electrons. The topological polar surface area (TPSA) is 96.1 Å². The van der Waals surface area contributed by atoms with E-state index in [0.717, 1.165) is 11.4 Å². The molecule has 1 atom stereocenters. The summed E-state index contributed by atoms with van der Waals surface area (Å²) in [5.74, 6) is -1.47. The number of ether oxygens (including phenoxy) is 1. The number of halogens is 1. The Bertz CT molecular complexity index is 1020. The Hall–Kier alpha value is -3.68. The Morgan fingerprint density at radius 2 is 1.93 bits per heavy atom. The van der Waals surface area contributed by atoms with Crippen molar-refractivity contribution in [1.29, 1.82) is 0 Å². The van der Waals surface area contributed by atoms with Crippen LogP contribution in [0.5, 0.6) is 11.5 Å². The van der Waals surface area contributed by atoms with Crippen molar-refractivity contribution in [1.82, 2.24) is 15.5 Å². The summed E-state index contributed by atoms with van der Waals surface area (Å²) >= 11 is 0. The number of carbonyl (C=O) groups is 2. The van der Waals surface area contributed by atoms with E-state index in [1.165, 1.54) is 18.2 Å². The van der Waals surface area contributed by atoms with Crippen LogP contribution in [-0.4, -0.2) is 28.1 Å². The molecule has 8 heteroatoms. The molecule has 7 nitrogen and oxygen atoms in total. The van der Waals surface area contributed by atoms with Crippen LogP contribution >= 0.6 is 0 Å². The van der Waals surface area contributed by atoms with Gasteiger partial charge in [0.2, 0.25) is 0 Å². The van der Waals surface area contributed by atoms with Crippen LogP contribution in [0.4, 0.5) is 10.1 Å². The molecule has 3 N–H and O–H groups in total. The molecule has 0 saturated carbocycles. The Morgan fingerprint density at radius 3 is 2.66 bits per heavy atom. The average Bonchev–Trinajstić information content (AvgIpc) is 3.07. The fourth-order valence-corrected chi connectivity index (χ4v) is 2.73. The Balaban J connectivity index is 1.61. The smallest absolute Gasteiger partial charge is 0.313 e. The molecular formula is C21H21FN4O3. The van der Waals surface area contributed by atoms with Crippen LogP contribution < -0.4 is 15.4 Å². The van der Waals surface area contributed by atoms with Gasteiger partial charge in [0.05, 0.1) is 11.4 Å². The number of aryl methyl sites for hydroxylation is 1. The molecule has 0 unspecified atom stereocenters. The first kappa shape index (κ1) is 20.1. The molecule has 0 bridgehead atoms. The van der Waals surface area contributed by atoms with Crippen LogP contribution in [0.3, 0.4) is 0 Å². The van der Waals surface area contributed by atoms with Gasteiger partial charge in [-0.2, -0.15) is 5.10 Å². The highest BCUT2D eigenvalue weighted by molar-refractivity contribution is 6.39. The molecule has 1 aromatic heterocycles. The quantitative estimate of drug-likeness (QED) is 0.557. The lowest BCUT2D eigenvalue weighted by molar-refractivity contribution is -0.136. The third kappa shape index (κ3) is 5.65. The van der Waals surface area contributed by atoms with Crippen LogP contribution in [0.15, 0.2) is 54.6 Å². The van der Waals surface area contributed by atoms with E-state index in [0.29, 0.717) is 17.9 Å². The van der Waals surface area contributed by atoms with Gasteiger partial charge in [0.15, 0.2) is 5.75 Å². The number of hydrogen-bond donors (Lipinski definition) is 3. The van der Waals surface area contributed by atoms with Gasteiger partial charge in [0, 0.05) is 24.2 Å². The second kappa shape index (κ2) is 9.01. The summed E-state index contributed by atoms with van der Waals surface area (Å²) in [6, 6.07) is 13.8. The van der Waals surface area contributed by atoms with E-state index in [9.17, 15) is 14.0 Å². The van der Waals surface area contributed by atoms with Crippen molar-refractivity contribution < 1.29 is 18.7 Å². The summed E-state index contributed by atoms with van der Waals surface area (Å²) in [7, 11) is 0. The minimum absolute atomic E-state index is 0.277. The van der Waals surface area contributed by atoms with Crippen molar-refractivity contribution in [3.05, 3.63) is 71.8 Å². The van der Waals surface area contributed by atoms with Crippen molar-refractivity contribution in [2.75, 3.05) is 5.32 Å². The van der Waals surface area contributed by atoms with E-state index >= 15 is 0 Å². The number of rotatable bonds is 6. The number of aromatic amines is 1. The van der Waals surface area contributed by atoms with Gasteiger partial charge in [-0.1, -0.05) is 18.2 Å². The lowest BCUT2D eigenvalue weighted by Gasteiger charge is -2.14. The number of nitrogens with zero attached hydrogens (tertiary/aromatic N) is 1. The Morgan fingerprint density at radius 1 is 1.14 bits per heavy atom. The number of aromatic nitrogens is 2. The van der Waals surface area contributed by atoms with Crippen LogP contribution in [0.25, 0.3) is 0 Å². The molecule has 150 valence electrons. The minimum Gasteiger partial charge on any atom is -0.455 e. The molecule has 0 saturated heterocycles. The first-order valence-electron chi connectivity index (χ1n) is 9.06. The molecule has 3 rings (SSSR count). The van der Waals surface area contributed by atoms with E-state index < -0.39 is 17.6 Å². The standard InChI is InChI=1S/C21H21FN4O3/c1-13(10-16-11-14(2)25-26-16)23-20(27)21(28)24-18-8-3-4-9-19(18)29-17-7-5-6-15(22)12-17/h3-9,11-13H,10H2,1-2H3,(H,23,27)(H,24,28)(H,25,26)/t13-/m1/s1. The molecule has 0 spiro atoms. The number of nitrogens with one attached hydrogen (secondary N) is 3. The third-order valence-corrected chi connectivity index (χ3v) is 4.02. The SMILES string of the molecule is Cc1cc(C[C@@H](C)NC(=O)C(=O)Nc2ccccc2Oc2cccc(F)c2)n[nH]1. The van der Waals surface area contributed by atoms with Crippen molar-refractivity contribution >= 4 is 17.5 Å². The van der Waals surface area contributed by atoms with Gasteiger partial charge in [0.25, 0.3) is 0 Å². The minimum atomic E-state index is -0.828. The summed E-state index contributed by atoms with van der Waals surface area (Å²) in [5, 5.41) is 12.1. The number of carbonyl (C=O) groups excluding carboxylic acids is 2. The maximum atomic E-state index is 13.4. The molecule has 1 heterocycles. The zero-order valence-corrected chi connectivity index (χ0v) is 16.0. The summed E-state index contributed by atoms with van der Waals surface area (Å²) in [6.07, 6.45) is 0.489. The lowest BCUT2D eigenvalue weighted by Crippen LogP contribution is -2.41. The Labute approximate surface area is 167 Å². The fourth-order valence-electron chi connectivity index (χ4n) is 2.73. The predicted octanol–water partition coefficient (Wildman–Crippen LogP) is 3.34. The van der Waals surface area contributed by atoms with Gasteiger partial charge >= 0.3 is 11.8 Å². The van der Waals surface area contributed by atoms with E-state index in [2.05, 4.69) is 20.8 Å². The highest BCUT2D eigenvalue weighted by Gasteiger charge is 2.19. The van der Waals surface area contributed by atoms with Gasteiger partial charge in [0.1, 0.15) is 11.6 Å². The van der Waals surface area contributed by atoms with E-state index in [4.69, 9.17) is 4.74 Å². The molecule has 2 aromatic carbocycles. The van der Waals surface area contributed by atoms with E-state index in [1.54, 1.807) is 37.3 Å². The molecule has 0 aliphatic carbocycles. The van der Waals surface area contributed by atoms with Gasteiger partial charge in [-0.15, -0.1) is 0 Å². The number of H-pyrrole nitrogens is 1. The van der Waals surface area contributed by atoms with Crippen LogP contribution in [0, 0.1) is 12.7 Å². The van der Waals surface area contributed by atoms with Gasteiger partial charge in [-0.05, 0) is 44.2 Å². The first-order valence-corrected chi connectivity index (χ1v) is 9.06. The second-order valence-corrected chi connectivity index (χ2v) is 6.63. The second-order valence-electron chi connectivity index (χ2n) is 6.63. The molecular weight excluding hydrogens is 375 g/mol.